The van der Waals surface area contributed by atoms with Crippen molar-refractivity contribution in [1.82, 2.24) is 0 Å². The Hall–Kier alpha value is -2.54. The Morgan fingerprint density at radius 3 is 1.92 bits per heavy atom. The second-order valence-electron chi connectivity index (χ2n) is 7.38. The summed E-state index contributed by atoms with van der Waals surface area (Å²) in [5, 5.41) is 9.11. The maximum Gasteiger partial charge on any atom is 0.424 e. The molecule has 2 N–H and O–H groups in total. The van der Waals surface area contributed by atoms with Crippen LogP contribution in [0.15, 0.2) is 24.8 Å². The second-order valence-corrected chi connectivity index (χ2v) is 7.38. The molecule has 0 aliphatic heterocycles. The van der Waals surface area contributed by atoms with Crippen LogP contribution in [0.2, 0.25) is 0 Å². The molecule has 0 aliphatic carbocycles. The van der Waals surface area contributed by atoms with Crippen LogP contribution < -0.4 is 10.4 Å². The highest BCUT2D eigenvalue weighted by molar-refractivity contribution is 6.09. The molecule has 0 aromatic heterocycles. The maximum absolute atomic E-state index is 12.6. The van der Waals surface area contributed by atoms with E-state index in [1.807, 2.05) is 5.48 Å². The van der Waals surface area contributed by atoms with Gasteiger partial charge in [-0.2, -0.15) is 4.90 Å². The highest BCUT2D eigenvalue weighted by Crippen LogP contribution is 2.27. The summed E-state index contributed by atoms with van der Waals surface area (Å²) in [6.45, 7) is 13.8. The Bertz CT molecular complexity index is 628. The van der Waals surface area contributed by atoms with E-state index in [1.165, 1.54) is 24.3 Å². The molecule has 0 unspecified atom stereocenters. The van der Waals surface area contributed by atoms with Gasteiger partial charge in [-0.25, -0.2) is 9.59 Å². The first kappa shape index (κ1) is 20.5. The molecule has 7 nitrogen and oxygen atoms in total. The number of rotatable bonds is 3. The number of nitrogens with zero attached hydrogens (tertiary/aromatic N) is 1. The molecule has 0 fully saturated rings. The number of carbonyl (C=O) groups is 2. The molecule has 0 bridgehead atoms. The third kappa shape index (κ3) is 6.11. The standard InChI is InChI=1S/C18H26N2O5/c1-8-12-11-13(9-10-14(12)19-23)20(15(21)24-17(2,3)4)16(22)25-18(5,6)7/h8-11,19,23H,1H2,2-7H3. The fraction of sp³-hybridized carbons (Fsp3) is 0.444. The normalized spacial score (nSPS) is 11.5. The van der Waals surface area contributed by atoms with Gasteiger partial charge in [-0.05, 0) is 59.7 Å². The van der Waals surface area contributed by atoms with Gasteiger partial charge in [0.1, 0.15) is 11.2 Å². The maximum atomic E-state index is 12.6. The van der Waals surface area contributed by atoms with Crippen LogP contribution in [0.1, 0.15) is 47.1 Å². The lowest BCUT2D eigenvalue weighted by atomic mass is 10.1. The molecule has 25 heavy (non-hydrogen) atoms. The van der Waals surface area contributed by atoms with Crippen LogP contribution in [-0.2, 0) is 9.47 Å². The van der Waals surface area contributed by atoms with E-state index >= 15 is 0 Å². The summed E-state index contributed by atoms with van der Waals surface area (Å²) in [6.07, 6.45) is -0.243. The van der Waals surface area contributed by atoms with Gasteiger partial charge in [0, 0.05) is 5.56 Å². The van der Waals surface area contributed by atoms with E-state index in [9.17, 15) is 9.59 Å². The fourth-order valence-corrected chi connectivity index (χ4v) is 1.86. The summed E-state index contributed by atoms with van der Waals surface area (Å²) < 4.78 is 10.6. The van der Waals surface area contributed by atoms with E-state index in [0.717, 1.165) is 4.90 Å². The number of carbonyl (C=O) groups excluding carboxylic acids is 2. The van der Waals surface area contributed by atoms with E-state index in [0.29, 0.717) is 11.3 Å². The molecule has 0 radical (unpaired) electrons. The quantitative estimate of drug-likeness (QED) is 0.761. The van der Waals surface area contributed by atoms with Crippen LogP contribution in [0.5, 0.6) is 0 Å². The first-order valence-corrected chi connectivity index (χ1v) is 7.80. The number of hydrogen-bond donors (Lipinski definition) is 2. The second kappa shape index (κ2) is 7.57. The highest BCUT2D eigenvalue weighted by atomic mass is 16.6. The third-order valence-corrected chi connectivity index (χ3v) is 2.79. The van der Waals surface area contributed by atoms with Crippen molar-refractivity contribution in [2.45, 2.75) is 52.7 Å². The highest BCUT2D eigenvalue weighted by Gasteiger charge is 2.32. The van der Waals surface area contributed by atoms with E-state index < -0.39 is 23.4 Å². The molecular weight excluding hydrogens is 324 g/mol. The SMILES string of the molecule is C=Cc1cc(N(C(=O)OC(C)(C)C)C(=O)OC(C)(C)C)ccc1NO. The molecule has 138 valence electrons. The van der Waals surface area contributed by atoms with Gasteiger partial charge in [0.05, 0.1) is 11.4 Å². The van der Waals surface area contributed by atoms with Crippen LogP contribution >= 0.6 is 0 Å². The zero-order chi connectivity index (χ0) is 19.4. The summed E-state index contributed by atoms with van der Waals surface area (Å²) >= 11 is 0. The minimum atomic E-state index is -0.860. The number of amides is 2. The van der Waals surface area contributed by atoms with Crippen LogP contribution in [-0.4, -0.2) is 28.6 Å². The lowest BCUT2D eigenvalue weighted by Crippen LogP contribution is -2.43. The van der Waals surface area contributed by atoms with Gasteiger partial charge in [-0.1, -0.05) is 12.7 Å². The zero-order valence-electron chi connectivity index (χ0n) is 15.5. The number of anilines is 2. The van der Waals surface area contributed by atoms with E-state index in [1.54, 1.807) is 41.5 Å². The number of ether oxygens (including phenoxy) is 2. The van der Waals surface area contributed by atoms with Crippen molar-refractivity contribution in [3.63, 3.8) is 0 Å². The molecular formula is C18H26N2O5. The van der Waals surface area contributed by atoms with Gasteiger partial charge in [-0.3, -0.25) is 10.7 Å². The largest absolute Gasteiger partial charge is 0.443 e. The summed E-state index contributed by atoms with van der Waals surface area (Å²) in [4.78, 5) is 25.9. The zero-order valence-corrected chi connectivity index (χ0v) is 15.5. The Kier molecular flexibility index (Phi) is 6.20. The van der Waals surface area contributed by atoms with Crippen LogP contribution in [0.3, 0.4) is 0 Å². The Balaban J connectivity index is 3.33. The van der Waals surface area contributed by atoms with Gasteiger partial charge in [0.2, 0.25) is 0 Å². The molecule has 1 rings (SSSR count). The van der Waals surface area contributed by atoms with Crippen molar-refractivity contribution in [3.8, 4) is 0 Å². The molecule has 0 aliphatic rings. The lowest BCUT2D eigenvalue weighted by Gasteiger charge is -2.28. The van der Waals surface area contributed by atoms with E-state index in [-0.39, 0.29) is 5.69 Å². The molecule has 0 heterocycles. The minimum Gasteiger partial charge on any atom is -0.443 e. The van der Waals surface area contributed by atoms with Crippen molar-refractivity contribution < 1.29 is 24.3 Å². The molecule has 1 aromatic carbocycles. The summed E-state index contributed by atoms with van der Waals surface area (Å²) in [7, 11) is 0. The number of benzene rings is 1. The smallest absolute Gasteiger partial charge is 0.424 e. The lowest BCUT2D eigenvalue weighted by molar-refractivity contribution is 0.0431. The summed E-state index contributed by atoms with van der Waals surface area (Å²) in [5.41, 5.74) is 1.57. The Morgan fingerprint density at radius 2 is 1.56 bits per heavy atom. The summed E-state index contributed by atoms with van der Waals surface area (Å²) in [5.74, 6) is 0. The van der Waals surface area contributed by atoms with E-state index in [4.69, 9.17) is 14.7 Å². The first-order valence-electron chi connectivity index (χ1n) is 7.80. The van der Waals surface area contributed by atoms with Crippen LogP contribution in [0.25, 0.3) is 6.08 Å². The minimum absolute atomic E-state index is 0.234. The molecule has 2 amide bonds. The Labute approximate surface area is 148 Å². The molecule has 0 spiro atoms. The molecule has 7 heteroatoms. The first-order chi connectivity index (χ1) is 11.4. The van der Waals surface area contributed by atoms with Crippen LogP contribution in [0.4, 0.5) is 21.0 Å². The van der Waals surface area contributed by atoms with Crippen molar-refractivity contribution >= 4 is 29.6 Å². The summed E-state index contributed by atoms with van der Waals surface area (Å²) in [6, 6.07) is 4.51. The molecule has 0 saturated carbocycles. The van der Waals surface area contributed by atoms with Crippen molar-refractivity contribution in [2.75, 3.05) is 10.4 Å². The fourth-order valence-electron chi connectivity index (χ4n) is 1.86. The number of nitrogens with one attached hydrogen (secondary N) is 1. The van der Waals surface area contributed by atoms with Gasteiger partial charge in [-0.15, -0.1) is 0 Å². The molecule has 0 saturated heterocycles. The topological polar surface area (TPSA) is 88.1 Å². The molecule has 0 atom stereocenters. The third-order valence-electron chi connectivity index (χ3n) is 2.79. The van der Waals surface area contributed by atoms with Crippen molar-refractivity contribution in [3.05, 3.63) is 30.3 Å². The average molecular weight is 350 g/mol. The number of imide groups is 1. The monoisotopic (exact) mass is 350 g/mol. The van der Waals surface area contributed by atoms with Gasteiger partial charge < -0.3 is 9.47 Å². The number of hydrogen-bond acceptors (Lipinski definition) is 6. The van der Waals surface area contributed by atoms with Gasteiger partial charge in [0.15, 0.2) is 0 Å². The van der Waals surface area contributed by atoms with Gasteiger partial charge in [0.25, 0.3) is 0 Å². The van der Waals surface area contributed by atoms with Crippen molar-refractivity contribution in [2.24, 2.45) is 0 Å². The van der Waals surface area contributed by atoms with Gasteiger partial charge >= 0.3 is 12.2 Å². The average Bonchev–Trinajstić information content (AvgIpc) is 2.43. The predicted octanol–water partition coefficient (Wildman–Crippen LogP) is 4.81. The van der Waals surface area contributed by atoms with Crippen molar-refractivity contribution in [1.29, 1.82) is 0 Å². The van der Waals surface area contributed by atoms with E-state index in [2.05, 4.69) is 6.58 Å². The Morgan fingerprint density at radius 1 is 1.08 bits per heavy atom. The predicted molar refractivity (Wildman–Crippen MR) is 96.9 cm³/mol. The molecule has 1 aromatic rings. The van der Waals surface area contributed by atoms with Crippen LogP contribution in [0, 0.1) is 0 Å².